The van der Waals surface area contributed by atoms with Crippen LogP contribution in [0.5, 0.6) is 0 Å². The van der Waals surface area contributed by atoms with Crippen molar-refractivity contribution in [2.75, 3.05) is 7.11 Å². The molecule has 1 rings (SSSR count). The lowest BCUT2D eigenvalue weighted by molar-refractivity contribution is 0.00803. The molecule has 2 N–H and O–H groups in total. The number of rotatable bonds is 5. The second kappa shape index (κ2) is 4.72. The molecule has 0 saturated carbocycles. The molecule has 0 radical (unpaired) electrons. The van der Waals surface area contributed by atoms with E-state index in [0.29, 0.717) is 6.54 Å². The van der Waals surface area contributed by atoms with E-state index in [-0.39, 0.29) is 0 Å². The van der Waals surface area contributed by atoms with Gasteiger partial charge in [0.1, 0.15) is 11.4 Å². The van der Waals surface area contributed by atoms with E-state index in [1.807, 2.05) is 18.4 Å². The van der Waals surface area contributed by atoms with Gasteiger partial charge in [-0.2, -0.15) is 0 Å². The number of hydrogen-bond acceptors (Lipinski definition) is 4. The largest absolute Gasteiger partial charge is 0.371 e. The van der Waals surface area contributed by atoms with E-state index in [1.54, 1.807) is 7.11 Å². The highest BCUT2D eigenvalue weighted by molar-refractivity contribution is 5.03. The minimum atomic E-state index is -0.421. The lowest BCUT2D eigenvalue weighted by atomic mass is 10.1. The van der Waals surface area contributed by atoms with Gasteiger partial charge in [-0.05, 0) is 20.3 Å². The van der Waals surface area contributed by atoms with Crippen LogP contribution >= 0.6 is 0 Å². The number of methoxy groups -OCH3 is 1. The zero-order valence-electron chi connectivity index (χ0n) is 9.95. The van der Waals surface area contributed by atoms with Crippen molar-refractivity contribution in [3.05, 3.63) is 11.6 Å². The fourth-order valence-corrected chi connectivity index (χ4v) is 1.48. The lowest BCUT2D eigenvalue weighted by Crippen LogP contribution is -2.26. The third-order valence-corrected chi connectivity index (χ3v) is 2.51. The average molecular weight is 212 g/mol. The molecule has 0 unspecified atom stereocenters. The van der Waals surface area contributed by atoms with Crippen molar-refractivity contribution in [3.8, 4) is 0 Å². The quantitative estimate of drug-likeness (QED) is 0.791. The minimum Gasteiger partial charge on any atom is -0.371 e. The van der Waals surface area contributed by atoms with Crippen LogP contribution in [-0.2, 0) is 23.4 Å². The maximum Gasteiger partial charge on any atom is 0.164 e. The Labute approximate surface area is 90.6 Å². The molecular formula is C10H20N4O. The van der Waals surface area contributed by atoms with Crippen molar-refractivity contribution in [2.45, 2.75) is 45.9 Å². The summed E-state index contributed by atoms with van der Waals surface area (Å²) < 4.78 is 7.45. The van der Waals surface area contributed by atoms with Gasteiger partial charge in [0.2, 0.25) is 0 Å². The molecule has 1 aromatic heterocycles. The van der Waals surface area contributed by atoms with Gasteiger partial charge in [0.15, 0.2) is 5.82 Å². The van der Waals surface area contributed by atoms with Gasteiger partial charge in [-0.1, -0.05) is 6.92 Å². The number of nitrogens with two attached hydrogens (primary N) is 1. The van der Waals surface area contributed by atoms with Crippen LogP contribution in [0.2, 0.25) is 0 Å². The summed E-state index contributed by atoms with van der Waals surface area (Å²) in [6, 6.07) is 0. The molecule has 15 heavy (non-hydrogen) atoms. The second-order valence-electron chi connectivity index (χ2n) is 4.01. The van der Waals surface area contributed by atoms with Crippen LogP contribution in [0.4, 0.5) is 0 Å². The van der Waals surface area contributed by atoms with Crippen LogP contribution < -0.4 is 5.73 Å². The van der Waals surface area contributed by atoms with Crippen LogP contribution in [0.15, 0.2) is 0 Å². The van der Waals surface area contributed by atoms with Crippen molar-refractivity contribution in [3.63, 3.8) is 0 Å². The molecule has 5 heteroatoms. The molecule has 5 nitrogen and oxygen atoms in total. The van der Waals surface area contributed by atoms with Crippen LogP contribution in [0.1, 0.15) is 38.8 Å². The number of ether oxygens (including phenoxy) is 1. The summed E-state index contributed by atoms with van der Waals surface area (Å²) in [5.41, 5.74) is 5.19. The van der Waals surface area contributed by atoms with E-state index < -0.39 is 5.60 Å². The highest BCUT2D eigenvalue weighted by atomic mass is 16.5. The summed E-state index contributed by atoms with van der Waals surface area (Å²) >= 11 is 0. The van der Waals surface area contributed by atoms with E-state index in [2.05, 4.69) is 17.1 Å². The first-order valence-electron chi connectivity index (χ1n) is 5.24. The first kappa shape index (κ1) is 12.1. The van der Waals surface area contributed by atoms with Gasteiger partial charge in [0.05, 0.1) is 6.54 Å². The van der Waals surface area contributed by atoms with E-state index in [4.69, 9.17) is 10.5 Å². The maximum atomic E-state index is 5.61. The van der Waals surface area contributed by atoms with Gasteiger partial charge >= 0.3 is 0 Å². The Hall–Kier alpha value is -0.940. The third kappa shape index (κ3) is 2.35. The van der Waals surface area contributed by atoms with Crippen molar-refractivity contribution in [1.29, 1.82) is 0 Å². The first-order chi connectivity index (χ1) is 7.06. The van der Waals surface area contributed by atoms with E-state index in [1.165, 1.54) is 0 Å². The van der Waals surface area contributed by atoms with Gasteiger partial charge in [0.25, 0.3) is 0 Å². The van der Waals surface area contributed by atoms with E-state index in [0.717, 1.165) is 24.6 Å². The van der Waals surface area contributed by atoms with Gasteiger partial charge < -0.3 is 15.0 Å². The summed E-state index contributed by atoms with van der Waals surface area (Å²) in [5.74, 6) is 1.66. The smallest absolute Gasteiger partial charge is 0.164 e. The maximum absolute atomic E-state index is 5.61. The van der Waals surface area contributed by atoms with Gasteiger partial charge in [0, 0.05) is 13.7 Å². The topological polar surface area (TPSA) is 66.0 Å². The fraction of sp³-hybridized carbons (Fsp3) is 0.800. The monoisotopic (exact) mass is 212 g/mol. The third-order valence-electron chi connectivity index (χ3n) is 2.51. The standard InChI is InChI=1S/C10H20N4O/c1-5-6-14-8(7-11)12-13-9(14)10(2,3)15-4/h5-7,11H2,1-4H3. The van der Waals surface area contributed by atoms with Crippen LogP contribution in [0.25, 0.3) is 0 Å². The van der Waals surface area contributed by atoms with Crippen LogP contribution in [-0.4, -0.2) is 21.9 Å². The lowest BCUT2D eigenvalue weighted by Gasteiger charge is -2.22. The normalized spacial score (nSPS) is 12.1. The minimum absolute atomic E-state index is 0.410. The van der Waals surface area contributed by atoms with Crippen molar-refractivity contribution in [2.24, 2.45) is 5.73 Å². The Balaban J connectivity index is 3.12. The summed E-state index contributed by atoms with van der Waals surface area (Å²) in [6.45, 7) is 7.35. The summed E-state index contributed by atoms with van der Waals surface area (Å²) in [6.07, 6.45) is 1.03. The molecular weight excluding hydrogens is 192 g/mol. The SMILES string of the molecule is CCCn1c(CN)nnc1C(C)(C)OC. The molecule has 0 amide bonds. The molecule has 0 aliphatic carbocycles. The summed E-state index contributed by atoms with van der Waals surface area (Å²) in [4.78, 5) is 0. The molecule has 0 spiro atoms. The predicted octanol–water partition coefficient (Wildman–Crippen LogP) is 1.03. The van der Waals surface area contributed by atoms with Crippen molar-refractivity contribution >= 4 is 0 Å². The number of aromatic nitrogens is 3. The summed E-state index contributed by atoms with van der Waals surface area (Å²) in [5, 5.41) is 8.23. The average Bonchev–Trinajstić information content (AvgIpc) is 2.62. The first-order valence-corrected chi connectivity index (χ1v) is 5.24. The van der Waals surface area contributed by atoms with Gasteiger partial charge in [-0.15, -0.1) is 10.2 Å². The molecule has 0 aliphatic rings. The Kier molecular flexibility index (Phi) is 3.82. The zero-order valence-corrected chi connectivity index (χ0v) is 9.95. The highest BCUT2D eigenvalue weighted by Gasteiger charge is 2.27. The molecule has 0 fully saturated rings. The fourth-order valence-electron chi connectivity index (χ4n) is 1.48. The van der Waals surface area contributed by atoms with Crippen molar-refractivity contribution < 1.29 is 4.74 Å². The second-order valence-corrected chi connectivity index (χ2v) is 4.01. The Morgan fingerprint density at radius 3 is 2.53 bits per heavy atom. The predicted molar refractivity (Wildman–Crippen MR) is 58.2 cm³/mol. The van der Waals surface area contributed by atoms with E-state index >= 15 is 0 Å². The highest BCUT2D eigenvalue weighted by Crippen LogP contribution is 2.22. The zero-order chi connectivity index (χ0) is 11.5. The molecule has 0 aliphatic heterocycles. The van der Waals surface area contributed by atoms with E-state index in [9.17, 15) is 0 Å². The molecule has 86 valence electrons. The molecule has 1 heterocycles. The molecule has 0 aromatic carbocycles. The molecule has 0 saturated heterocycles. The van der Waals surface area contributed by atoms with Crippen LogP contribution in [0, 0.1) is 0 Å². The summed E-state index contributed by atoms with van der Waals surface area (Å²) in [7, 11) is 1.67. The van der Waals surface area contributed by atoms with Crippen LogP contribution in [0.3, 0.4) is 0 Å². The number of nitrogens with zero attached hydrogens (tertiary/aromatic N) is 3. The molecule has 1 aromatic rings. The van der Waals surface area contributed by atoms with Gasteiger partial charge in [-0.3, -0.25) is 0 Å². The van der Waals surface area contributed by atoms with Crippen molar-refractivity contribution in [1.82, 2.24) is 14.8 Å². The Morgan fingerprint density at radius 2 is 2.07 bits per heavy atom. The Morgan fingerprint density at radius 1 is 1.40 bits per heavy atom. The molecule has 0 atom stereocenters. The number of hydrogen-bond donors (Lipinski definition) is 1. The Bertz CT molecular complexity index is 319. The molecule has 0 bridgehead atoms. The van der Waals surface area contributed by atoms with Gasteiger partial charge in [-0.25, -0.2) is 0 Å².